The van der Waals surface area contributed by atoms with Gasteiger partial charge in [-0.15, -0.1) is 5.10 Å². The Labute approximate surface area is 208 Å². The zero-order valence-corrected chi connectivity index (χ0v) is 20.5. The van der Waals surface area contributed by atoms with Gasteiger partial charge in [0.15, 0.2) is 11.9 Å². The smallest absolute Gasteiger partial charge is 0.242 e. The normalized spacial score (nSPS) is 25.8. The summed E-state index contributed by atoms with van der Waals surface area (Å²) < 4.78 is 8.21. The molecule has 2 aliphatic heterocycles. The van der Waals surface area contributed by atoms with Crippen LogP contribution >= 0.6 is 23.2 Å². The average molecular weight is 500 g/mol. The average Bonchev–Trinajstić information content (AvgIpc) is 3.30. The standard InChI is InChI=1S/C24H27Cl2N7O/c1-14-7-21(28-13-27-14)32-11-15-4-5-16(12-32)22(15)29-24-30-23-20(3-2-6-33(23)31-24)34-19-9-17(25)8-18(26)10-19/h7-10,13,15-16,20,22H,2-6,11-12H2,1H3,(H,29,31)/t15-,16+,20-,22?/m0/s1. The molecule has 10 heteroatoms. The lowest BCUT2D eigenvalue weighted by atomic mass is 9.92. The van der Waals surface area contributed by atoms with E-state index in [1.54, 1.807) is 24.5 Å². The Morgan fingerprint density at radius 1 is 1.00 bits per heavy atom. The summed E-state index contributed by atoms with van der Waals surface area (Å²) in [4.78, 5) is 16.0. The van der Waals surface area contributed by atoms with Crippen LogP contribution < -0.4 is 15.0 Å². The number of piperidine rings is 1. The minimum atomic E-state index is -0.175. The van der Waals surface area contributed by atoms with Crippen LogP contribution in [0.1, 0.15) is 43.3 Å². The fourth-order valence-electron chi connectivity index (χ4n) is 5.65. The maximum Gasteiger partial charge on any atom is 0.242 e. The van der Waals surface area contributed by atoms with Crippen LogP contribution in [0.3, 0.4) is 0 Å². The molecule has 8 nitrogen and oxygen atoms in total. The first kappa shape index (κ1) is 21.9. The molecule has 4 heterocycles. The zero-order valence-electron chi connectivity index (χ0n) is 19.0. The monoisotopic (exact) mass is 499 g/mol. The van der Waals surface area contributed by atoms with E-state index in [1.165, 1.54) is 12.8 Å². The van der Waals surface area contributed by atoms with Gasteiger partial charge in [-0.25, -0.2) is 14.6 Å². The molecule has 34 heavy (non-hydrogen) atoms. The molecule has 178 valence electrons. The van der Waals surface area contributed by atoms with Crippen molar-refractivity contribution in [1.29, 1.82) is 0 Å². The van der Waals surface area contributed by atoms with Gasteiger partial charge >= 0.3 is 0 Å². The molecule has 3 aliphatic rings. The van der Waals surface area contributed by atoms with Crippen molar-refractivity contribution in [3.8, 4) is 5.75 Å². The molecule has 1 aromatic carbocycles. The van der Waals surface area contributed by atoms with E-state index < -0.39 is 0 Å². The van der Waals surface area contributed by atoms with Gasteiger partial charge in [-0.3, -0.25) is 0 Å². The first-order valence-electron chi connectivity index (χ1n) is 11.9. The molecule has 4 atom stereocenters. The molecule has 2 bridgehead atoms. The number of aryl methyl sites for hydroxylation is 2. The predicted octanol–water partition coefficient (Wildman–Crippen LogP) is 4.92. The summed E-state index contributed by atoms with van der Waals surface area (Å²) >= 11 is 12.3. The molecule has 0 amide bonds. The second-order valence-corrected chi connectivity index (χ2v) is 10.4. The van der Waals surface area contributed by atoms with Crippen molar-refractivity contribution in [1.82, 2.24) is 24.7 Å². The molecular formula is C24H27Cl2N7O. The summed E-state index contributed by atoms with van der Waals surface area (Å²) in [6.07, 6.45) is 5.76. The van der Waals surface area contributed by atoms with E-state index in [0.29, 0.717) is 39.6 Å². The van der Waals surface area contributed by atoms with Gasteiger partial charge in [-0.05, 0) is 62.6 Å². The molecule has 2 fully saturated rings. The van der Waals surface area contributed by atoms with Crippen molar-refractivity contribution in [2.45, 2.75) is 51.3 Å². The summed E-state index contributed by atoms with van der Waals surface area (Å²) in [6, 6.07) is 7.71. The number of benzene rings is 1. The van der Waals surface area contributed by atoms with Gasteiger partial charge in [-0.2, -0.15) is 4.98 Å². The Kier molecular flexibility index (Phi) is 5.73. The molecule has 6 rings (SSSR count). The molecule has 1 N–H and O–H groups in total. The number of fused-ring (bicyclic) bond motifs is 3. The van der Waals surface area contributed by atoms with Gasteiger partial charge in [0.2, 0.25) is 5.95 Å². The number of ether oxygens (including phenoxy) is 1. The third kappa shape index (κ3) is 4.29. The second-order valence-electron chi connectivity index (χ2n) is 9.56. The van der Waals surface area contributed by atoms with Crippen LogP contribution in [0.25, 0.3) is 0 Å². The SMILES string of the molecule is Cc1cc(N2C[C@H]3CC[C@@H](C2)C3Nc2nc3n(n2)CCC[C@@H]3Oc2cc(Cl)cc(Cl)c2)ncn1. The van der Waals surface area contributed by atoms with E-state index in [9.17, 15) is 0 Å². The highest BCUT2D eigenvalue weighted by Gasteiger charge is 2.43. The largest absolute Gasteiger partial charge is 0.482 e. The number of nitrogens with one attached hydrogen (secondary N) is 1. The van der Waals surface area contributed by atoms with Crippen molar-refractivity contribution in [2.75, 3.05) is 23.3 Å². The third-order valence-corrected chi connectivity index (χ3v) is 7.62. The van der Waals surface area contributed by atoms with Gasteiger partial charge in [0.1, 0.15) is 17.9 Å². The van der Waals surface area contributed by atoms with E-state index in [0.717, 1.165) is 49.8 Å². The lowest BCUT2D eigenvalue weighted by Crippen LogP contribution is -2.48. The maximum atomic E-state index is 6.24. The fraction of sp³-hybridized carbons (Fsp3) is 0.500. The van der Waals surface area contributed by atoms with E-state index in [2.05, 4.69) is 26.3 Å². The molecule has 3 aromatic rings. The highest BCUT2D eigenvalue weighted by molar-refractivity contribution is 6.34. The Morgan fingerprint density at radius 2 is 1.76 bits per heavy atom. The first-order valence-corrected chi connectivity index (χ1v) is 12.6. The number of rotatable bonds is 5. The third-order valence-electron chi connectivity index (χ3n) is 7.18. The number of hydrogen-bond donors (Lipinski definition) is 1. The maximum absolute atomic E-state index is 6.24. The van der Waals surface area contributed by atoms with E-state index in [4.69, 9.17) is 38.0 Å². The second kappa shape index (κ2) is 8.89. The summed E-state index contributed by atoms with van der Waals surface area (Å²) in [7, 11) is 0. The van der Waals surface area contributed by atoms with Crippen molar-refractivity contribution in [2.24, 2.45) is 11.8 Å². The minimum Gasteiger partial charge on any atom is -0.482 e. The Morgan fingerprint density at radius 3 is 2.50 bits per heavy atom. The van der Waals surface area contributed by atoms with Crippen LogP contribution in [-0.4, -0.2) is 43.9 Å². The number of anilines is 2. The van der Waals surface area contributed by atoms with Crippen molar-refractivity contribution >= 4 is 35.0 Å². The van der Waals surface area contributed by atoms with Crippen LogP contribution in [0.2, 0.25) is 10.0 Å². The van der Waals surface area contributed by atoms with Crippen molar-refractivity contribution in [3.63, 3.8) is 0 Å². The highest BCUT2D eigenvalue weighted by Crippen LogP contribution is 2.40. The number of aromatic nitrogens is 5. The van der Waals surface area contributed by atoms with Crippen molar-refractivity contribution in [3.05, 3.63) is 52.2 Å². The Bertz CT molecular complexity index is 1170. The summed E-state index contributed by atoms with van der Waals surface area (Å²) in [5.41, 5.74) is 1.00. The molecule has 1 aliphatic carbocycles. The van der Waals surface area contributed by atoms with Gasteiger partial charge in [-0.1, -0.05) is 23.2 Å². The first-order chi connectivity index (χ1) is 16.5. The molecular weight excluding hydrogens is 473 g/mol. The summed E-state index contributed by atoms with van der Waals surface area (Å²) in [5.74, 6) is 4.30. The summed E-state index contributed by atoms with van der Waals surface area (Å²) in [6.45, 7) is 4.83. The number of hydrogen-bond acceptors (Lipinski definition) is 7. The Hall–Kier alpha value is -2.58. The van der Waals surface area contributed by atoms with Gasteiger partial charge in [0.25, 0.3) is 0 Å². The fourth-order valence-corrected chi connectivity index (χ4v) is 6.16. The van der Waals surface area contributed by atoms with E-state index >= 15 is 0 Å². The molecule has 2 aromatic heterocycles. The molecule has 1 unspecified atom stereocenters. The lowest BCUT2D eigenvalue weighted by molar-refractivity contribution is 0.155. The zero-order chi connectivity index (χ0) is 23.2. The van der Waals surface area contributed by atoms with E-state index in [1.807, 2.05) is 11.6 Å². The highest BCUT2D eigenvalue weighted by atomic mass is 35.5. The number of nitrogens with zero attached hydrogens (tertiary/aromatic N) is 6. The van der Waals surface area contributed by atoms with E-state index in [-0.39, 0.29) is 6.10 Å². The molecule has 0 radical (unpaired) electrons. The van der Waals surface area contributed by atoms with Crippen LogP contribution in [0, 0.1) is 18.8 Å². The van der Waals surface area contributed by atoms with Crippen LogP contribution in [0.15, 0.2) is 30.6 Å². The summed E-state index contributed by atoms with van der Waals surface area (Å²) in [5, 5.41) is 9.58. The lowest BCUT2D eigenvalue weighted by Gasteiger charge is -2.38. The molecule has 1 saturated carbocycles. The Balaban J connectivity index is 1.17. The number of halogens is 2. The minimum absolute atomic E-state index is 0.175. The molecule has 0 spiro atoms. The van der Waals surface area contributed by atoms with Crippen LogP contribution in [0.4, 0.5) is 11.8 Å². The predicted molar refractivity (Wildman–Crippen MR) is 132 cm³/mol. The van der Waals surface area contributed by atoms with Gasteiger partial charge in [0.05, 0.1) is 0 Å². The van der Waals surface area contributed by atoms with Crippen LogP contribution in [-0.2, 0) is 6.54 Å². The van der Waals surface area contributed by atoms with Gasteiger partial charge < -0.3 is 15.0 Å². The van der Waals surface area contributed by atoms with Gasteiger partial charge in [0, 0.05) is 47.5 Å². The van der Waals surface area contributed by atoms with Crippen LogP contribution in [0.5, 0.6) is 5.75 Å². The van der Waals surface area contributed by atoms with Crippen molar-refractivity contribution < 1.29 is 4.74 Å². The molecule has 1 saturated heterocycles. The topological polar surface area (TPSA) is 81.0 Å². The quantitative estimate of drug-likeness (QED) is 0.533.